The maximum Gasteiger partial charge on any atom is 0.291 e. The SMILES string of the molecule is Cc1ccc(C)n1-c1ccc(Cl)c(C(=O)NCc2cccc(NC(=O)c3ccco3)c2)c1. The molecule has 6 nitrogen and oxygen atoms in total. The Bertz CT molecular complexity index is 1260. The van der Waals surface area contributed by atoms with Crippen LogP contribution in [-0.4, -0.2) is 16.4 Å². The molecule has 162 valence electrons. The topological polar surface area (TPSA) is 76.3 Å². The van der Waals surface area contributed by atoms with Crippen LogP contribution in [0.2, 0.25) is 5.02 Å². The summed E-state index contributed by atoms with van der Waals surface area (Å²) in [5.41, 5.74) is 4.87. The Hall–Kier alpha value is -3.77. The lowest BCUT2D eigenvalue weighted by molar-refractivity contribution is 0.0949. The summed E-state index contributed by atoms with van der Waals surface area (Å²) in [6.07, 6.45) is 1.44. The number of furan rings is 1. The molecule has 2 aromatic heterocycles. The van der Waals surface area contributed by atoms with Gasteiger partial charge in [-0.25, -0.2) is 0 Å². The van der Waals surface area contributed by atoms with Gasteiger partial charge in [-0.1, -0.05) is 23.7 Å². The molecule has 0 spiro atoms. The van der Waals surface area contributed by atoms with E-state index in [1.807, 2.05) is 44.2 Å². The molecule has 2 aromatic carbocycles. The van der Waals surface area contributed by atoms with E-state index in [1.54, 1.807) is 36.4 Å². The van der Waals surface area contributed by atoms with Gasteiger partial charge in [0, 0.05) is 29.3 Å². The minimum absolute atomic E-state index is 0.228. The number of rotatable bonds is 6. The molecule has 0 aliphatic carbocycles. The van der Waals surface area contributed by atoms with Gasteiger partial charge in [0.2, 0.25) is 0 Å². The summed E-state index contributed by atoms with van der Waals surface area (Å²) in [5.74, 6) is -0.383. The van der Waals surface area contributed by atoms with Crippen LogP contribution in [0.15, 0.2) is 77.4 Å². The molecule has 0 saturated carbocycles. The molecule has 0 bridgehead atoms. The lowest BCUT2D eigenvalue weighted by Crippen LogP contribution is -2.23. The van der Waals surface area contributed by atoms with Crippen molar-refractivity contribution in [3.63, 3.8) is 0 Å². The average Bonchev–Trinajstić information content (AvgIpc) is 3.43. The van der Waals surface area contributed by atoms with E-state index in [4.69, 9.17) is 16.0 Å². The van der Waals surface area contributed by atoms with Gasteiger partial charge in [-0.3, -0.25) is 9.59 Å². The second-order valence-corrected chi connectivity index (χ2v) is 7.84. The lowest BCUT2D eigenvalue weighted by Gasteiger charge is -2.13. The molecule has 0 saturated heterocycles. The Labute approximate surface area is 190 Å². The van der Waals surface area contributed by atoms with Gasteiger partial charge in [-0.2, -0.15) is 0 Å². The Morgan fingerprint density at radius 1 is 0.938 bits per heavy atom. The van der Waals surface area contributed by atoms with E-state index >= 15 is 0 Å². The Balaban J connectivity index is 1.46. The highest BCUT2D eigenvalue weighted by Crippen LogP contribution is 2.23. The van der Waals surface area contributed by atoms with Crippen LogP contribution < -0.4 is 10.6 Å². The van der Waals surface area contributed by atoms with Crippen LogP contribution in [0.5, 0.6) is 0 Å². The monoisotopic (exact) mass is 447 g/mol. The molecule has 0 radical (unpaired) electrons. The number of hydrogen-bond donors (Lipinski definition) is 2. The molecule has 0 unspecified atom stereocenters. The zero-order valence-electron chi connectivity index (χ0n) is 17.7. The first-order valence-corrected chi connectivity index (χ1v) is 10.5. The summed E-state index contributed by atoms with van der Waals surface area (Å²) in [5, 5.41) is 6.06. The Kier molecular flexibility index (Phi) is 6.14. The fourth-order valence-electron chi connectivity index (χ4n) is 3.54. The number of nitrogens with zero attached hydrogens (tertiary/aromatic N) is 1. The summed E-state index contributed by atoms with van der Waals surface area (Å²) >= 11 is 6.32. The highest BCUT2D eigenvalue weighted by atomic mass is 35.5. The summed E-state index contributed by atoms with van der Waals surface area (Å²) in [6.45, 7) is 4.31. The standard InChI is InChI=1S/C25H22ClN3O3/c1-16-8-9-17(2)29(16)20-10-11-22(26)21(14-20)24(30)27-15-18-5-3-6-19(13-18)28-25(31)23-7-4-12-32-23/h3-14H,15H2,1-2H3,(H,27,30)(H,28,31). The number of halogens is 1. The second kappa shape index (κ2) is 9.16. The largest absolute Gasteiger partial charge is 0.459 e. The highest BCUT2D eigenvalue weighted by Gasteiger charge is 2.14. The number of nitrogens with one attached hydrogen (secondary N) is 2. The van der Waals surface area contributed by atoms with Crippen molar-refractivity contribution < 1.29 is 14.0 Å². The molecule has 2 N–H and O–H groups in total. The number of hydrogen-bond acceptors (Lipinski definition) is 3. The van der Waals surface area contributed by atoms with Crippen molar-refractivity contribution in [1.29, 1.82) is 0 Å². The molecule has 7 heteroatoms. The van der Waals surface area contributed by atoms with Crippen molar-refractivity contribution in [2.24, 2.45) is 0 Å². The molecule has 2 heterocycles. The molecule has 2 amide bonds. The fraction of sp³-hybridized carbons (Fsp3) is 0.120. The van der Waals surface area contributed by atoms with E-state index in [2.05, 4.69) is 15.2 Å². The zero-order chi connectivity index (χ0) is 22.7. The van der Waals surface area contributed by atoms with Crippen molar-refractivity contribution >= 4 is 29.1 Å². The molecule has 0 fully saturated rings. The highest BCUT2D eigenvalue weighted by molar-refractivity contribution is 6.33. The normalized spacial score (nSPS) is 10.7. The van der Waals surface area contributed by atoms with Gasteiger partial charge in [-0.05, 0) is 74.0 Å². The van der Waals surface area contributed by atoms with Crippen molar-refractivity contribution in [1.82, 2.24) is 9.88 Å². The van der Waals surface area contributed by atoms with Crippen LogP contribution in [0.3, 0.4) is 0 Å². The van der Waals surface area contributed by atoms with Crippen molar-refractivity contribution in [3.05, 3.63) is 106 Å². The van der Waals surface area contributed by atoms with Crippen molar-refractivity contribution in [2.75, 3.05) is 5.32 Å². The summed E-state index contributed by atoms with van der Waals surface area (Å²) in [7, 11) is 0. The maximum atomic E-state index is 12.9. The summed E-state index contributed by atoms with van der Waals surface area (Å²) in [4.78, 5) is 25.0. The van der Waals surface area contributed by atoms with Crippen LogP contribution in [0.25, 0.3) is 5.69 Å². The fourth-order valence-corrected chi connectivity index (χ4v) is 3.74. The summed E-state index contributed by atoms with van der Waals surface area (Å²) in [6, 6.07) is 20.0. The van der Waals surface area contributed by atoms with Gasteiger partial charge in [0.1, 0.15) is 0 Å². The van der Waals surface area contributed by atoms with E-state index in [0.29, 0.717) is 16.3 Å². The van der Waals surface area contributed by atoms with Gasteiger partial charge >= 0.3 is 0 Å². The van der Waals surface area contributed by atoms with E-state index in [9.17, 15) is 9.59 Å². The third-order valence-electron chi connectivity index (χ3n) is 5.11. The van der Waals surface area contributed by atoms with Crippen LogP contribution in [-0.2, 0) is 6.54 Å². The quantitative estimate of drug-likeness (QED) is 0.408. The van der Waals surface area contributed by atoms with E-state index < -0.39 is 0 Å². The number of aryl methyl sites for hydroxylation is 2. The average molecular weight is 448 g/mol. The van der Waals surface area contributed by atoms with Crippen molar-refractivity contribution in [2.45, 2.75) is 20.4 Å². The molecule has 0 aliphatic heterocycles. The molecule has 0 atom stereocenters. The summed E-state index contributed by atoms with van der Waals surface area (Å²) < 4.78 is 7.17. The first-order valence-electron chi connectivity index (χ1n) is 10.1. The molecule has 32 heavy (non-hydrogen) atoms. The smallest absolute Gasteiger partial charge is 0.291 e. The number of anilines is 1. The van der Waals surface area contributed by atoms with E-state index in [1.165, 1.54) is 6.26 Å². The van der Waals surface area contributed by atoms with Crippen molar-refractivity contribution in [3.8, 4) is 5.69 Å². The second-order valence-electron chi connectivity index (χ2n) is 7.43. The molecule has 4 aromatic rings. The minimum atomic E-state index is -0.338. The first kappa shape index (κ1) is 21.5. The third-order valence-corrected chi connectivity index (χ3v) is 5.44. The number of amides is 2. The van der Waals surface area contributed by atoms with Gasteiger partial charge in [-0.15, -0.1) is 0 Å². The molecule has 0 aliphatic rings. The Morgan fingerprint density at radius 3 is 2.44 bits per heavy atom. The van der Waals surface area contributed by atoms with Gasteiger partial charge in [0.25, 0.3) is 11.8 Å². The number of benzene rings is 2. The van der Waals surface area contributed by atoms with Gasteiger partial charge in [0.05, 0.1) is 16.8 Å². The number of carbonyl (C=O) groups is 2. The zero-order valence-corrected chi connectivity index (χ0v) is 18.4. The third kappa shape index (κ3) is 4.60. The van der Waals surface area contributed by atoms with Crippen LogP contribution in [0, 0.1) is 13.8 Å². The predicted octanol–water partition coefficient (Wildman–Crippen LogP) is 5.52. The molecule has 4 rings (SSSR count). The van der Waals surface area contributed by atoms with Gasteiger partial charge in [0.15, 0.2) is 5.76 Å². The van der Waals surface area contributed by atoms with Crippen LogP contribution >= 0.6 is 11.6 Å². The number of carbonyl (C=O) groups excluding carboxylic acids is 2. The van der Waals surface area contributed by atoms with E-state index in [0.717, 1.165) is 22.6 Å². The lowest BCUT2D eigenvalue weighted by atomic mass is 10.1. The Morgan fingerprint density at radius 2 is 1.72 bits per heavy atom. The molecular weight excluding hydrogens is 426 g/mol. The molecular formula is C25H22ClN3O3. The maximum absolute atomic E-state index is 12.9. The predicted molar refractivity (Wildman–Crippen MR) is 125 cm³/mol. The minimum Gasteiger partial charge on any atom is -0.459 e. The van der Waals surface area contributed by atoms with Crippen LogP contribution in [0.1, 0.15) is 37.9 Å². The van der Waals surface area contributed by atoms with Crippen LogP contribution in [0.4, 0.5) is 5.69 Å². The number of aromatic nitrogens is 1. The first-order chi connectivity index (χ1) is 15.4. The van der Waals surface area contributed by atoms with Gasteiger partial charge < -0.3 is 19.6 Å². The van der Waals surface area contributed by atoms with E-state index in [-0.39, 0.29) is 24.1 Å².